The third kappa shape index (κ3) is 4.30. The van der Waals surface area contributed by atoms with Gasteiger partial charge in [0.05, 0.1) is 11.3 Å². The zero-order chi connectivity index (χ0) is 19.3. The molecule has 0 atom stereocenters. The summed E-state index contributed by atoms with van der Waals surface area (Å²) in [5.41, 5.74) is 1.71. The van der Waals surface area contributed by atoms with E-state index in [-0.39, 0.29) is 17.5 Å². The Morgan fingerprint density at radius 2 is 1.89 bits per heavy atom. The number of carbonyl (C=O) groups excluding carboxylic acids is 1. The fourth-order valence-electron chi connectivity index (χ4n) is 2.95. The normalized spacial score (nSPS) is 14.3. The van der Waals surface area contributed by atoms with E-state index in [1.54, 1.807) is 30.6 Å². The van der Waals surface area contributed by atoms with Crippen LogP contribution in [0, 0.1) is 5.82 Å². The van der Waals surface area contributed by atoms with Crippen molar-refractivity contribution in [1.82, 2.24) is 20.1 Å². The van der Waals surface area contributed by atoms with Crippen molar-refractivity contribution in [2.75, 3.05) is 36.8 Å². The Labute approximate surface area is 165 Å². The Morgan fingerprint density at radius 1 is 1.11 bits per heavy atom. The van der Waals surface area contributed by atoms with Crippen molar-refractivity contribution in [2.45, 2.75) is 5.22 Å². The number of hydrogen-bond donors (Lipinski definition) is 0. The minimum Gasteiger partial charge on any atom is -0.411 e. The molecule has 144 valence electrons. The Morgan fingerprint density at radius 3 is 2.61 bits per heavy atom. The van der Waals surface area contributed by atoms with Gasteiger partial charge >= 0.3 is 0 Å². The molecule has 1 aromatic carbocycles. The molecular formula is C19H18FN5O2S. The van der Waals surface area contributed by atoms with E-state index in [0.717, 1.165) is 11.3 Å². The van der Waals surface area contributed by atoms with E-state index < -0.39 is 0 Å². The van der Waals surface area contributed by atoms with E-state index in [1.807, 2.05) is 11.0 Å². The molecule has 0 unspecified atom stereocenters. The average molecular weight is 399 g/mol. The number of hydrogen-bond acceptors (Lipinski definition) is 7. The van der Waals surface area contributed by atoms with E-state index in [0.29, 0.717) is 37.3 Å². The van der Waals surface area contributed by atoms with Crippen molar-refractivity contribution in [3.8, 4) is 11.5 Å². The van der Waals surface area contributed by atoms with Gasteiger partial charge in [-0.15, -0.1) is 10.2 Å². The summed E-state index contributed by atoms with van der Waals surface area (Å²) in [5, 5.41) is 8.33. The number of rotatable bonds is 5. The molecule has 1 saturated heterocycles. The summed E-state index contributed by atoms with van der Waals surface area (Å²) in [4.78, 5) is 20.5. The second-order valence-electron chi connectivity index (χ2n) is 6.25. The number of amides is 1. The highest BCUT2D eigenvalue weighted by molar-refractivity contribution is 7.99. The number of thioether (sulfide) groups is 1. The molecule has 9 heteroatoms. The monoisotopic (exact) mass is 399 g/mol. The molecule has 0 aliphatic carbocycles. The standard InChI is InChI=1S/C19H18FN5O2S/c20-15-3-5-16(6-4-15)24-8-10-25(11-9-24)17(26)13-28-19-23-22-18(27-19)14-2-1-7-21-12-14/h1-7,12H,8-11,13H2. The molecule has 1 amide bonds. The van der Waals surface area contributed by atoms with Gasteiger partial charge in [-0.3, -0.25) is 9.78 Å². The van der Waals surface area contributed by atoms with Crippen LogP contribution in [0.2, 0.25) is 0 Å². The van der Waals surface area contributed by atoms with E-state index >= 15 is 0 Å². The molecule has 1 fully saturated rings. The van der Waals surface area contributed by atoms with Crippen LogP contribution in [0.5, 0.6) is 0 Å². The Kier molecular flexibility index (Phi) is 5.52. The van der Waals surface area contributed by atoms with Crippen molar-refractivity contribution in [2.24, 2.45) is 0 Å². The Balaban J connectivity index is 1.27. The highest BCUT2D eigenvalue weighted by Gasteiger charge is 2.22. The molecule has 7 nitrogen and oxygen atoms in total. The van der Waals surface area contributed by atoms with Gasteiger partial charge in [0.15, 0.2) is 0 Å². The molecule has 0 N–H and O–H groups in total. The molecule has 1 aliphatic rings. The Hall–Kier alpha value is -2.94. The average Bonchev–Trinajstić information content (AvgIpc) is 3.22. The van der Waals surface area contributed by atoms with Crippen LogP contribution in [-0.2, 0) is 4.79 Å². The number of piperazine rings is 1. The number of pyridine rings is 1. The minimum absolute atomic E-state index is 0.0323. The van der Waals surface area contributed by atoms with Gasteiger partial charge in [-0.05, 0) is 36.4 Å². The van der Waals surface area contributed by atoms with Crippen LogP contribution in [0.25, 0.3) is 11.5 Å². The van der Waals surface area contributed by atoms with Crippen molar-refractivity contribution < 1.29 is 13.6 Å². The largest absolute Gasteiger partial charge is 0.411 e. The lowest BCUT2D eigenvalue weighted by Crippen LogP contribution is -2.49. The first-order valence-electron chi connectivity index (χ1n) is 8.84. The highest BCUT2D eigenvalue weighted by atomic mass is 32.2. The smallest absolute Gasteiger partial charge is 0.277 e. The zero-order valence-corrected chi connectivity index (χ0v) is 15.8. The van der Waals surface area contributed by atoms with Crippen LogP contribution in [-0.4, -0.2) is 57.9 Å². The first kappa shape index (κ1) is 18.4. The molecule has 2 aromatic heterocycles. The molecular weight excluding hydrogens is 381 g/mol. The summed E-state index contributed by atoms with van der Waals surface area (Å²) in [7, 11) is 0. The van der Waals surface area contributed by atoms with E-state index in [9.17, 15) is 9.18 Å². The molecule has 0 bridgehead atoms. The molecule has 0 saturated carbocycles. The van der Waals surface area contributed by atoms with Crippen LogP contribution < -0.4 is 4.90 Å². The van der Waals surface area contributed by atoms with Gasteiger partial charge in [0.25, 0.3) is 5.22 Å². The maximum atomic E-state index is 13.1. The quantitative estimate of drug-likeness (QED) is 0.611. The van der Waals surface area contributed by atoms with Gasteiger partial charge in [-0.2, -0.15) is 0 Å². The second kappa shape index (κ2) is 8.39. The van der Waals surface area contributed by atoms with Crippen molar-refractivity contribution >= 4 is 23.4 Å². The maximum Gasteiger partial charge on any atom is 0.277 e. The number of anilines is 1. The Bertz CT molecular complexity index is 927. The number of nitrogens with zero attached hydrogens (tertiary/aromatic N) is 5. The summed E-state index contributed by atoms with van der Waals surface area (Å²) < 4.78 is 18.6. The number of carbonyl (C=O) groups is 1. The topological polar surface area (TPSA) is 75.4 Å². The molecule has 0 spiro atoms. The highest BCUT2D eigenvalue weighted by Crippen LogP contribution is 2.23. The lowest BCUT2D eigenvalue weighted by atomic mass is 10.2. The van der Waals surface area contributed by atoms with Gasteiger partial charge in [0, 0.05) is 44.3 Å². The summed E-state index contributed by atoms with van der Waals surface area (Å²) in [5.74, 6) is 0.411. The number of halogens is 1. The minimum atomic E-state index is -0.248. The van der Waals surface area contributed by atoms with E-state index in [2.05, 4.69) is 20.1 Å². The van der Waals surface area contributed by atoms with Crippen LogP contribution in [0.15, 0.2) is 58.4 Å². The van der Waals surface area contributed by atoms with Crippen LogP contribution in [0.4, 0.5) is 10.1 Å². The van der Waals surface area contributed by atoms with Crippen molar-refractivity contribution in [3.05, 3.63) is 54.6 Å². The molecule has 3 aromatic rings. The SMILES string of the molecule is O=C(CSc1nnc(-c2cccnc2)o1)N1CCN(c2ccc(F)cc2)CC1. The lowest BCUT2D eigenvalue weighted by molar-refractivity contribution is -0.128. The zero-order valence-electron chi connectivity index (χ0n) is 15.0. The first-order chi connectivity index (χ1) is 13.7. The number of aromatic nitrogens is 3. The fourth-order valence-corrected chi connectivity index (χ4v) is 3.62. The van der Waals surface area contributed by atoms with E-state index in [1.165, 1.54) is 23.9 Å². The van der Waals surface area contributed by atoms with Gasteiger partial charge < -0.3 is 14.2 Å². The van der Waals surface area contributed by atoms with Gasteiger partial charge in [0.2, 0.25) is 11.8 Å². The first-order valence-corrected chi connectivity index (χ1v) is 9.82. The maximum absolute atomic E-state index is 13.1. The second-order valence-corrected chi connectivity index (χ2v) is 7.17. The molecule has 4 rings (SSSR count). The summed E-state index contributed by atoms with van der Waals surface area (Å²) in [6.07, 6.45) is 3.32. The van der Waals surface area contributed by atoms with Crippen LogP contribution in [0.3, 0.4) is 0 Å². The summed E-state index contributed by atoms with van der Waals surface area (Å²) in [6, 6.07) is 10.1. The molecule has 3 heterocycles. The third-order valence-corrected chi connectivity index (χ3v) is 5.26. The molecule has 1 aliphatic heterocycles. The lowest BCUT2D eigenvalue weighted by Gasteiger charge is -2.36. The predicted molar refractivity (Wildman–Crippen MR) is 103 cm³/mol. The van der Waals surface area contributed by atoms with Gasteiger partial charge in [-0.1, -0.05) is 11.8 Å². The van der Waals surface area contributed by atoms with Crippen molar-refractivity contribution in [3.63, 3.8) is 0 Å². The van der Waals surface area contributed by atoms with Crippen molar-refractivity contribution in [1.29, 1.82) is 0 Å². The van der Waals surface area contributed by atoms with Gasteiger partial charge in [-0.25, -0.2) is 4.39 Å². The molecule has 28 heavy (non-hydrogen) atoms. The fraction of sp³-hybridized carbons (Fsp3) is 0.263. The number of benzene rings is 1. The predicted octanol–water partition coefficient (Wildman–Crippen LogP) is 2.71. The summed E-state index contributed by atoms with van der Waals surface area (Å²) >= 11 is 1.23. The molecule has 0 radical (unpaired) electrons. The van der Waals surface area contributed by atoms with E-state index in [4.69, 9.17) is 4.42 Å². The van der Waals surface area contributed by atoms with Crippen LogP contribution in [0.1, 0.15) is 0 Å². The van der Waals surface area contributed by atoms with Crippen LogP contribution >= 0.6 is 11.8 Å². The summed E-state index contributed by atoms with van der Waals surface area (Å²) in [6.45, 7) is 2.69. The van der Waals surface area contributed by atoms with Gasteiger partial charge in [0.1, 0.15) is 5.82 Å². The third-order valence-electron chi connectivity index (χ3n) is 4.46.